The van der Waals surface area contributed by atoms with Crippen LogP contribution in [0, 0.1) is 0 Å². The molecule has 1 aliphatic heterocycles. The summed E-state index contributed by atoms with van der Waals surface area (Å²) >= 11 is 0. The summed E-state index contributed by atoms with van der Waals surface area (Å²) in [4.78, 5) is 4.49. The summed E-state index contributed by atoms with van der Waals surface area (Å²) in [6.45, 7) is 17.2. The van der Waals surface area contributed by atoms with Gasteiger partial charge in [-0.25, -0.2) is 0 Å². The molecule has 0 atom stereocenters. The maximum absolute atomic E-state index is 4.26. The van der Waals surface area contributed by atoms with Crippen molar-refractivity contribution in [3.8, 4) is 0 Å². The molecule has 0 fully saturated rings. The molecule has 0 radical (unpaired) electrons. The van der Waals surface area contributed by atoms with Crippen LogP contribution in [0.3, 0.4) is 0 Å². The van der Waals surface area contributed by atoms with Crippen molar-refractivity contribution in [3.63, 3.8) is 0 Å². The molecule has 1 heterocycles. The van der Waals surface area contributed by atoms with E-state index in [0.29, 0.717) is 12.1 Å². The SMILES string of the molecule is C=C1c2ccccc2N(C(C)C)C(=C)N1C(C)C. The van der Waals surface area contributed by atoms with Crippen molar-refractivity contribution >= 4 is 11.4 Å². The fourth-order valence-corrected chi connectivity index (χ4v) is 2.65. The fraction of sp³-hybridized carbons (Fsp3) is 0.375. The maximum atomic E-state index is 4.26. The predicted molar refractivity (Wildman–Crippen MR) is 79.2 cm³/mol. The molecule has 2 heteroatoms. The minimum Gasteiger partial charge on any atom is -0.326 e. The van der Waals surface area contributed by atoms with Gasteiger partial charge in [0.05, 0.1) is 5.69 Å². The third-order valence-electron chi connectivity index (χ3n) is 3.35. The molecule has 1 aromatic rings. The van der Waals surface area contributed by atoms with Crippen molar-refractivity contribution in [2.75, 3.05) is 4.90 Å². The van der Waals surface area contributed by atoms with Gasteiger partial charge in [0, 0.05) is 23.3 Å². The number of benzene rings is 1. The standard InChI is InChI=1S/C16H22N2/c1-11(2)17-13(5)15-9-7-8-10-16(15)18(12(3)4)14(17)6/h7-12H,5-6H2,1-4H3. The highest BCUT2D eigenvalue weighted by atomic mass is 15.4. The molecule has 96 valence electrons. The third-order valence-corrected chi connectivity index (χ3v) is 3.35. The van der Waals surface area contributed by atoms with Crippen LogP contribution in [0.15, 0.2) is 43.2 Å². The number of anilines is 1. The summed E-state index contributed by atoms with van der Waals surface area (Å²) in [5.41, 5.74) is 3.45. The first-order chi connectivity index (χ1) is 8.45. The lowest BCUT2D eigenvalue weighted by Crippen LogP contribution is -2.44. The lowest BCUT2D eigenvalue weighted by atomic mass is 10.0. The Morgan fingerprint density at radius 1 is 0.889 bits per heavy atom. The van der Waals surface area contributed by atoms with Gasteiger partial charge in [-0.3, -0.25) is 0 Å². The van der Waals surface area contributed by atoms with Crippen LogP contribution in [0.25, 0.3) is 5.70 Å². The number of nitrogens with zero attached hydrogens (tertiary/aromatic N) is 2. The van der Waals surface area contributed by atoms with Crippen molar-refractivity contribution < 1.29 is 0 Å². The average molecular weight is 242 g/mol. The van der Waals surface area contributed by atoms with E-state index in [-0.39, 0.29) is 0 Å². The van der Waals surface area contributed by atoms with E-state index < -0.39 is 0 Å². The molecule has 0 aromatic heterocycles. The Bertz CT molecular complexity index is 486. The highest BCUT2D eigenvalue weighted by Crippen LogP contribution is 2.40. The molecule has 0 aliphatic carbocycles. The van der Waals surface area contributed by atoms with Gasteiger partial charge >= 0.3 is 0 Å². The number of fused-ring (bicyclic) bond motifs is 1. The second kappa shape index (κ2) is 4.52. The summed E-state index contributed by atoms with van der Waals surface area (Å²) in [6, 6.07) is 9.15. The molecule has 18 heavy (non-hydrogen) atoms. The Kier molecular flexibility index (Phi) is 3.20. The molecule has 1 aromatic carbocycles. The Morgan fingerprint density at radius 3 is 2.00 bits per heavy atom. The highest BCUT2D eigenvalue weighted by molar-refractivity contribution is 5.81. The molecule has 0 saturated carbocycles. The summed E-state index contributed by atoms with van der Waals surface area (Å²) in [5.74, 6) is 1.02. The van der Waals surface area contributed by atoms with Gasteiger partial charge < -0.3 is 9.80 Å². The fourth-order valence-electron chi connectivity index (χ4n) is 2.65. The maximum Gasteiger partial charge on any atom is 0.106 e. The normalized spacial score (nSPS) is 15.7. The van der Waals surface area contributed by atoms with E-state index in [9.17, 15) is 0 Å². The second-order valence-corrected chi connectivity index (χ2v) is 5.31. The number of hydrogen-bond donors (Lipinski definition) is 0. The minimum absolute atomic E-state index is 0.361. The van der Waals surface area contributed by atoms with Crippen molar-refractivity contribution in [1.29, 1.82) is 0 Å². The average Bonchev–Trinajstić information content (AvgIpc) is 2.28. The van der Waals surface area contributed by atoms with E-state index in [1.165, 1.54) is 11.3 Å². The van der Waals surface area contributed by atoms with Crippen LogP contribution in [-0.4, -0.2) is 17.0 Å². The topological polar surface area (TPSA) is 6.48 Å². The zero-order valence-corrected chi connectivity index (χ0v) is 11.8. The molecule has 2 rings (SSSR count). The van der Waals surface area contributed by atoms with Crippen LogP contribution in [0.2, 0.25) is 0 Å². The second-order valence-electron chi connectivity index (χ2n) is 5.31. The van der Waals surface area contributed by atoms with Gasteiger partial charge in [-0.15, -0.1) is 0 Å². The van der Waals surface area contributed by atoms with Gasteiger partial charge in [0.2, 0.25) is 0 Å². The van der Waals surface area contributed by atoms with Crippen LogP contribution < -0.4 is 4.90 Å². The van der Waals surface area contributed by atoms with Gasteiger partial charge in [0.15, 0.2) is 0 Å². The van der Waals surface area contributed by atoms with Crippen LogP contribution in [0.1, 0.15) is 33.3 Å². The molecule has 2 nitrogen and oxygen atoms in total. The lowest BCUT2D eigenvalue weighted by molar-refractivity contribution is 0.380. The summed E-state index contributed by atoms with van der Waals surface area (Å²) < 4.78 is 0. The highest BCUT2D eigenvalue weighted by Gasteiger charge is 2.31. The van der Waals surface area contributed by atoms with Gasteiger partial charge in [-0.2, -0.15) is 0 Å². The summed E-state index contributed by atoms with van der Waals surface area (Å²) in [5, 5.41) is 0. The van der Waals surface area contributed by atoms with Gasteiger partial charge in [-0.05, 0) is 33.8 Å². The van der Waals surface area contributed by atoms with Crippen molar-refractivity contribution in [3.05, 3.63) is 48.8 Å². The number of rotatable bonds is 2. The van der Waals surface area contributed by atoms with Crippen LogP contribution >= 0.6 is 0 Å². The predicted octanol–water partition coefficient (Wildman–Crippen LogP) is 4.07. The van der Waals surface area contributed by atoms with E-state index in [4.69, 9.17) is 0 Å². The number of para-hydroxylation sites is 1. The van der Waals surface area contributed by atoms with E-state index in [1.807, 2.05) is 0 Å². The molecular weight excluding hydrogens is 220 g/mol. The smallest absolute Gasteiger partial charge is 0.106 e. The molecular formula is C16H22N2. The van der Waals surface area contributed by atoms with E-state index >= 15 is 0 Å². The summed E-state index contributed by atoms with van der Waals surface area (Å²) in [6.07, 6.45) is 0. The Labute approximate surface area is 110 Å². The van der Waals surface area contributed by atoms with Gasteiger partial charge in [0.25, 0.3) is 0 Å². The minimum atomic E-state index is 0.361. The molecule has 1 aliphatic rings. The molecule has 0 amide bonds. The molecule has 0 bridgehead atoms. The Morgan fingerprint density at radius 2 is 1.44 bits per heavy atom. The zero-order valence-electron chi connectivity index (χ0n) is 11.8. The Balaban J connectivity index is 2.60. The van der Waals surface area contributed by atoms with E-state index in [0.717, 1.165) is 11.5 Å². The Hall–Kier alpha value is -1.70. The van der Waals surface area contributed by atoms with Crippen LogP contribution in [0.4, 0.5) is 5.69 Å². The first-order valence-electron chi connectivity index (χ1n) is 6.50. The molecule has 0 saturated heterocycles. The third kappa shape index (κ3) is 1.82. The lowest BCUT2D eigenvalue weighted by Gasteiger charge is -2.46. The van der Waals surface area contributed by atoms with Crippen molar-refractivity contribution in [2.45, 2.75) is 39.8 Å². The van der Waals surface area contributed by atoms with Gasteiger partial charge in [0.1, 0.15) is 5.82 Å². The molecule has 0 unspecified atom stereocenters. The van der Waals surface area contributed by atoms with Crippen LogP contribution in [0.5, 0.6) is 0 Å². The first kappa shape index (κ1) is 12.7. The summed E-state index contributed by atoms with van der Waals surface area (Å²) in [7, 11) is 0. The molecule has 0 spiro atoms. The van der Waals surface area contributed by atoms with E-state index in [2.05, 4.69) is 74.9 Å². The monoisotopic (exact) mass is 242 g/mol. The van der Waals surface area contributed by atoms with E-state index in [1.54, 1.807) is 0 Å². The zero-order chi connectivity index (χ0) is 13.4. The van der Waals surface area contributed by atoms with Crippen molar-refractivity contribution in [2.24, 2.45) is 0 Å². The largest absolute Gasteiger partial charge is 0.326 e. The molecule has 0 N–H and O–H groups in total. The number of hydrogen-bond acceptors (Lipinski definition) is 2. The van der Waals surface area contributed by atoms with Gasteiger partial charge in [-0.1, -0.05) is 31.4 Å². The van der Waals surface area contributed by atoms with Crippen LogP contribution in [-0.2, 0) is 0 Å². The first-order valence-corrected chi connectivity index (χ1v) is 6.50. The quantitative estimate of drug-likeness (QED) is 0.771. The van der Waals surface area contributed by atoms with Crippen molar-refractivity contribution in [1.82, 2.24) is 4.90 Å².